The molecule has 1 fully saturated rings. The van der Waals surface area contributed by atoms with E-state index in [2.05, 4.69) is 0 Å². The molecule has 2 aromatic rings. The van der Waals surface area contributed by atoms with Crippen LogP contribution in [0.15, 0.2) is 24.3 Å². The molecule has 0 radical (unpaired) electrons. The highest BCUT2D eigenvalue weighted by Gasteiger charge is 2.37. The highest BCUT2D eigenvalue weighted by atomic mass is 35.5. The van der Waals surface area contributed by atoms with E-state index < -0.39 is 6.04 Å². The van der Waals surface area contributed by atoms with E-state index in [1.54, 1.807) is 11.8 Å². The first-order chi connectivity index (χ1) is 10.6. The first-order valence-electron chi connectivity index (χ1n) is 7.28. The van der Waals surface area contributed by atoms with Gasteiger partial charge in [0.15, 0.2) is 0 Å². The number of halogens is 1. The molecule has 0 bridgehead atoms. The van der Waals surface area contributed by atoms with Crippen molar-refractivity contribution < 1.29 is 14.3 Å². The number of esters is 1. The van der Waals surface area contributed by atoms with Crippen molar-refractivity contribution in [3.05, 3.63) is 34.2 Å². The second-order valence-electron chi connectivity index (χ2n) is 5.15. The summed E-state index contributed by atoms with van der Waals surface area (Å²) in [7, 11) is 0. The zero-order valence-electron chi connectivity index (χ0n) is 12.2. The number of hydrogen-bond donors (Lipinski definition) is 0. The van der Waals surface area contributed by atoms with Gasteiger partial charge in [-0.25, -0.2) is 4.79 Å². The van der Waals surface area contributed by atoms with Gasteiger partial charge in [0, 0.05) is 16.6 Å². The van der Waals surface area contributed by atoms with Crippen molar-refractivity contribution in [3.8, 4) is 0 Å². The lowest BCUT2D eigenvalue weighted by Gasteiger charge is -2.22. The SMILES string of the molecule is CCOC(=O)C1CCCN1C(=O)c1sc2ccccc2c1Cl. The Morgan fingerprint density at radius 1 is 1.41 bits per heavy atom. The van der Waals surface area contributed by atoms with Crippen LogP contribution in [0.1, 0.15) is 29.4 Å². The van der Waals surface area contributed by atoms with Crippen LogP contribution in [0.25, 0.3) is 10.1 Å². The van der Waals surface area contributed by atoms with E-state index in [1.165, 1.54) is 11.3 Å². The number of carbonyl (C=O) groups excluding carboxylic acids is 2. The van der Waals surface area contributed by atoms with Crippen molar-refractivity contribution in [3.63, 3.8) is 0 Å². The van der Waals surface area contributed by atoms with Gasteiger partial charge < -0.3 is 9.64 Å². The number of nitrogens with zero attached hydrogens (tertiary/aromatic N) is 1. The zero-order chi connectivity index (χ0) is 15.7. The summed E-state index contributed by atoms with van der Waals surface area (Å²) in [5.41, 5.74) is 0. The molecule has 116 valence electrons. The Hall–Kier alpha value is -1.59. The molecule has 0 aliphatic carbocycles. The van der Waals surface area contributed by atoms with Crippen molar-refractivity contribution in [2.24, 2.45) is 0 Å². The lowest BCUT2D eigenvalue weighted by Crippen LogP contribution is -2.41. The third-order valence-corrected chi connectivity index (χ3v) is 5.46. The van der Waals surface area contributed by atoms with Crippen molar-refractivity contribution in [1.29, 1.82) is 0 Å². The Labute approximate surface area is 137 Å². The number of carbonyl (C=O) groups is 2. The number of likely N-dealkylation sites (tertiary alicyclic amines) is 1. The number of thiophene rings is 1. The van der Waals surface area contributed by atoms with E-state index in [9.17, 15) is 9.59 Å². The van der Waals surface area contributed by atoms with Crippen LogP contribution in [0.2, 0.25) is 5.02 Å². The fraction of sp³-hybridized carbons (Fsp3) is 0.375. The fourth-order valence-electron chi connectivity index (χ4n) is 2.78. The van der Waals surface area contributed by atoms with Gasteiger partial charge >= 0.3 is 5.97 Å². The lowest BCUT2D eigenvalue weighted by molar-refractivity contribution is -0.147. The number of benzene rings is 1. The minimum absolute atomic E-state index is 0.179. The Morgan fingerprint density at radius 3 is 2.91 bits per heavy atom. The van der Waals surface area contributed by atoms with Gasteiger partial charge in [-0.3, -0.25) is 4.79 Å². The van der Waals surface area contributed by atoms with Gasteiger partial charge in [-0.05, 0) is 25.8 Å². The lowest BCUT2D eigenvalue weighted by atomic mass is 10.2. The Kier molecular flexibility index (Phi) is 4.36. The smallest absolute Gasteiger partial charge is 0.328 e. The topological polar surface area (TPSA) is 46.6 Å². The van der Waals surface area contributed by atoms with Gasteiger partial charge in [0.05, 0.1) is 11.6 Å². The number of hydrogen-bond acceptors (Lipinski definition) is 4. The number of ether oxygens (including phenoxy) is 1. The first-order valence-corrected chi connectivity index (χ1v) is 8.47. The third-order valence-electron chi connectivity index (χ3n) is 3.80. The minimum atomic E-state index is -0.492. The molecule has 1 aliphatic rings. The van der Waals surface area contributed by atoms with Gasteiger partial charge in [-0.15, -0.1) is 11.3 Å². The van der Waals surface area contributed by atoms with E-state index in [0.29, 0.717) is 29.5 Å². The molecule has 1 amide bonds. The Balaban J connectivity index is 1.91. The van der Waals surface area contributed by atoms with E-state index >= 15 is 0 Å². The van der Waals surface area contributed by atoms with Crippen molar-refractivity contribution >= 4 is 44.9 Å². The van der Waals surface area contributed by atoms with Crippen LogP contribution in [0.5, 0.6) is 0 Å². The number of fused-ring (bicyclic) bond motifs is 1. The normalized spacial score (nSPS) is 17.9. The predicted molar refractivity (Wildman–Crippen MR) is 87.5 cm³/mol. The molecule has 0 N–H and O–H groups in total. The standard InChI is InChI=1S/C16H16ClNO3S/c1-2-21-16(20)11-7-5-9-18(11)15(19)14-13(17)10-6-3-4-8-12(10)22-14/h3-4,6,8,11H,2,5,7,9H2,1H3. The van der Waals surface area contributed by atoms with E-state index in [1.807, 2.05) is 24.3 Å². The van der Waals surface area contributed by atoms with Crippen LogP contribution >= 0.6 is 22.9 Å². The van der Waals surface area contributed by atoms with Gasteiger partial charge in [-0.2, -0.15) is 0 Å². The molecular weight excluding hydrogens is 322 g/mol. The summed E-state index contributed by atoms with van der Waals surface area (Å²) in [6.45, 7) is 2.65. The molecule has 1 saturated heterocycles. The van der Waals surface area contributed by atoms with E-state index in [-0.39, 0.29) is 11.9 Å². The summed E-state index contributed by atoms with van der Waals surface area (Å²) in [6, 6.07) is 7.16. The second-order valence-corrected chi connectivity index (χ2v) is 6.58. The van der Waals surface area contributed by atoms with Crippen LogP contribution in [-0.4, -0.2) is 36.0 Å². The van der Waals surface area contributed by atoms with Gasteiger partial charge in [0.2, 0.25) is 0 Å². The molecule has 6 heteroatoms. The van der Waals surface area contributed by atoms with Crippen molar-refractivity contribution in [2.75, 3.05) is 13.2 Å². The Bertz CT molecular complexity index is 727. The number of amides is 1. The largest absolute Gasteiger partial charge is 0.464 e. The van der Waals surface area contributed by atoms with Crippen LogP contribution in [-0.2, 0) is 9.53 Å². The predicted octanol–water partition coefficient (Wildman–Crippen LogP) is 3.72. The van der Waals surface area contributed by atoms with Crippen LogP contribution in [0.3, 0.4) is 0 Å². The summed E-state index contributed by atoms with van der Waals surface area (Å²) >= 11 is 7.74. The van der Waals surface area contributed by atoms with Crippen LogP contribution < -0.4 is 0 Å². The molecule has 1 atom stereocenters. The molecule has 3 rings (SSSR count). The minimum Gasteiger partial charge on any atom is -0.464 e. The Morgan fingerprint density at radius 2 is 2.18 bits per heavy atom. The number of rotatable bonds is 3. The molecule has 22 heavy (non-hydrogen) atoms. The zero-order valence-corrected chi connectivity index (χ0v) is 13.7. The average molecular weight is 338 g/mol. The molecular formula is C16H16ClNO3S. The molecule has 1 aliphatic heterocycles. The molecule has 0 spiro atoms. The molecule has 0 saturated carbocycles. The molecule has 1 unspecified atom stereocenters. The molecule has 4 nitrogen and oxygen atoms in total. The molecule has 1 aromatic carbocycles. The first kappa shape index (κ1) is 15.3. The summed E-state index contributed by atoms with van der Waals surface area (Å²) in [6.07, 6.45) is 1.45. The van der Waals surface area contributed by atoms with Gasteiger partial charge in [0.25, 0.3) is 5.91 Å². The van der Waals surface area contributed by atoms with Crippen molar-refractivity contribution in [1.82, 2.24) is 4.90 Å². The molecule has 2 heterocycles. The average Bonchev–Trinajstić information content (AvgIpc) is 3.13. The second kappa shape index (κ2) is 6.26. The summed E-state index contributed by atoms with van der Waals surface area (Å²) in [5, 5.41) is 1.35. The van der Waals surface area contributed by atoms with Crippen LogP contribution in [0.4, 0.5) is 0 Å². The highest BCUT2D eigenvalue weighted by molar-refractivity contribution is 7.21. The fourth-order valence-corrected chi connectivity index (χ4v) is 4.24. The van der Waals surface area contributed by atoms with Gasteiger partial charge in [0.1, 0.15) is 10.9 Å². The van der Waals surface area contributed by atoms with Gasteiger partial charge in [-0.1, -0.05) is 29.8 Å². The summed E-state index contributed by atoms with van der Waals surface area (Å²) < 4.78 is 6.04. The summed E-state index contributed by atoms with van der Waals surface area (Å²) in [5.74, 6) is -0.507. The van der Waals surface area contributed by atoms with Crippen molar-refractivity contribution in [2.45, 2.75) is 25.8 Å². The quantitative estimate of drug-likeness (QED) is 0.802. The maximum absolute atomic E-state index is 12.8. The van der Waals surface area contributed by atoms with E-state index in [0.717, 1.165) is 16.5 Å². The highest BCUT2D eigenvalue weighted by Crippen LogP contribution is 2.37. The summed E-state index contributed by atoms with van der Waals surface area (Å²) in [4.78, 5) is 26.9. The third kappa shape index (κ3) is 2.59. The molecule has 1 aromatic heterocycles. The maximum Gasteiger partial charge on any atom is 0.328 e. The maximum atomic E-state index is 12.8. The van der Waals surface area contributed by atoms with E-state index in [4.69, 9.17) is 16.3 Å². The monoisotopic (exact) mass is 337 g/mol. The van der Waals surface area contributed by atoms with Crippen LogP contribution in [0, 0.1) is 0 Å².